The van der Waals surface area contributed by atoms with Crippen LogP contribution in [0.1, 0.15) is 28.0 Å². The van der Waals surface area contributed by atoms with E-state index in [1.54, 1.807) is 48.4 Å². The summed E-state index contributed by atoms with van der Waals surface area (Å²) in [6, 6.07) is 10.3. The number of nitrogens with zero attached hydrogens (tertiary/aromatic N) is 3. The van der Waals surface area contributed by atoms with Crippen LogP contribution in [0.15, 0.2) is 53.6 Å². The van der Waals surface area contributed by atoms with Crippen LogP contribution in [0.3, 0.4) is 0 Å². The summed E-state index contributed by atoms with van der Waals surface area (Å²) in [6.07, 6.45) is 4.57. The number of sulfonamides is 1. The van der Waals surface area contributed by atoms with E-state index in [9.17, 15) is 13.2 Å². The molecule has 2 aliphatic heterocycles. The number of halogens is 1. The molecule has 1 unspecified atom stereocenters. The number of amides is 1. The standard InChI is InChI=1S/C25H26ClN5O3S2/c1-16(27)22-14-19(6-7-28-22)23-15-29-24(35-23)25(32)30-8-10-31(11-9-30)36(33,34)21-5-3-17-12-20(26)4-2-18(17)13-21/h2-5,12-15,22,27-28H,6-11H2,1H3. The summed E-state index contributed by atoms with van der Waals surface area (Å²) in [7, 11) is -3.68. The minimum absolute atomic E-state index is 0.0922. The Morgan fingerprint density at radius 1 is 1.14 bits per heavy atom. The van der Waals surface area contributed by atoms with Gasteiger partial charge >= 0.3 is 0 Å². The van der Waals surface area contributed by atoms with Gasteiger partial charge in [-0.15, -0.1) is 11.3 Å². The Morgan fingerprint density at radius 3 is 2.61 bits per heavy atom. The summed E-state index contributed by atoms with van der Waals surface area (Å²) in [5, 5.41) is 13.8. The maximum Gasteiger partial charge on any atom is 0.282 e. The summed E-state index contributed by atoms with van der Waals surface area (Å²) in [6.45, 7) is 3.60. The van der Waals surface area contributed by atoms with E-state index < -0.39 is 10.0 Å². The number of thiazole rings is 1. The monoisotopic (exact) mass is 543 g/mol. The average Bonchev–Trinajstić information content (AvgIpc) is 3.38. The molecule has 8 nitrogen and oxygen atoms in total. The smallest absolute Gasteiger partial charge is 0.282 e. The number of fused-ring (bicyclic) bond motifs is 1. The van der Waals surface area contributed by atoms with Crippen LogP contribution < -0.4 is 5.32 Å². The first-order valence-electron chi connectivity index (χ1n) is 11.7. The first kappa shape index (κ1) is 25.0. The third kappa shape index (κ3) is 4.96. The second-order valence-corrected chi connectivity index (χ2v) is 12.3. The van der Waals surface area contributed by atoms with Gasteiger partial charge in [-0.2, -0.15) is 4.31 Å². The lowest BCUT2D eigenvalue weighted by atomic mass is 10.0. The third-order valence-corrected chi connectivity index (χ3v) is 9.73. The molecular weight excluding hydrogens is 518 g/mol. The largest absolute Gasteiger partial charge is 0.334 e. The normalized spacial score (nSPS) is 19.3. The fraction of sp³-hybridized carbons (Fsp3) is 0.320. The highest BCUT2D eigenvalue weighted by molar-refractivity contribution is 7.89. The number of rotatable bonds is 5. The van der Waals surface area contributed by atoms with Gasteiger partial charge < -0.3 is 15.6 Å². The number of carbonyl (C=O) groups excluding carboxylic acids is 1. The molecule has 36 heavy (non-hydrogen) atoms. The number of aromatic nitrogens is 1. The van der Waals surface area contributed by atoms with Gasteiger partial charge in [-0.25, -0.2) is 13.4 Å². The van der Waals surface area contributed by atoms with Gasteiger partial charge in [0.1, 0.15) is 0 Å². The van der Waals surface area contributed by atoms with Crippen molar-refractivity contribution in [1.29, 1.82) is 5.41 Å². The van der Waals surface area contributed by atoms with Crippen molar-refractivity contribution in [2.45, 2.75) is 24.3 Å². The Bertz CT molecular complexity index is 1480. The van der Waals surface area contributed by atoms with Crippen LogP contribution in [0.5, 0.6) is 0 Å². The minimum Gasteiger partial charge on any atom is -0.334 e. The maximum atomic E-state index is 13.3. The Balaban J connectivity index is 1.26. The number of hydrogen-bond donors (Lipinski definition) is 2. The fourth-order valence-electron chi connectivity index (χ4n) is 4.48. The van der Waals surface area contributed by atoms with E-state index >= 15 is 0 Å². The lowest BCUT2D eigenvalue weighted by molar-refractivity contribution is 0.0697. The third-order valence-electron chi connectivity index (χ3n) is 6.54. The van der Waals surface area contributed by atoms with Gasteiger partial charge in [-0.05, 0) is 54.0 Å². The quantitative estimate of drug-likeness (QED) is 0.475. The molecule has 2 aromatic carbocycles. The average molecular weight is 544 g/mol. The van der Waals surface area contributed by atoms with Crippen LogP contribution >= 0.6 is 22.9 Å². The molecule has 5 rings (SSSR count). The van der Waals surface area contributed by atoms with Crippen molar-refractivity contribution in [3.63, 3.8) is 0 Å². The molecule has 0 saturated carbocycles. The van der Waals surface area contributed by atoms with Crippen molar-refractivity contribution >= 4 is 60.9 Å². The van der Waals surface area contributed by atoms with Crippen LogP contribution in [0, 0.1) is 5.41 Å². The van der Waals surface area contributed by atoms with Crippen LogP contribution in [-0.4, -0.2) is 73.0 Å². The highest BCUT2D eigenvalue weighted by atomic mass is 35.5. The Morgan fingerprint density at radius 2 is 1.86 bits per heavy atom. The lowest BCUT2D eigenvalue weighted by Gasteiger charge is -2.33. The summed E-state index contributed by atoms with van der Waals surface area (Å²) in [5.41, 5.74) is 1.64. The van der Waals surface area contributed by atoms with Gasteiger partial charge in [0.15, 0.2) is 5.01 Å². The Labute approximate surface area is 219 Å². The molecule has 1 atom stereocenters. The molecule has 2 N–H and O–H groups in total. The number of hydrogen-bond acceptors (Lipinski definition) is 7. The second kappa shape index (κ2) is 10.0. The fourth-order valence-corrected chi connectivity index (χ4v) is 7.06. The zero-order chi connectivity index (χ0) is 25.4. The highest BCUT2D eigenvalue weighted by Gasteiger charge is 2.31. The lowest BCUT2D eigenvalue weighted by Crippen LogP contribution is -2.50. The molecule has 0 aliphatic carbocycles. The van der Waals surface area contributed by atoms with Crippen LogP contribution in [-0.2, 0) is 10.0 Å². The van der Waals surface area contributed by atoms with Gasteiger partial charge in [0, 0.05) is 49.7 Å². The van der Waals surface area contributed by atoms with Crippen LogP contribution in [0.4, 0.5) is 0 Å². The van der Waals surface area contributed by atoms with Gasteiger partial charge in [-0.1, -0.05) is 29.8 Å². The SMILES string of the molecule is CC(=N)C1C=C(c2cnc(C(=O)N3CCN(S(=O)(=O)c4ccc5cc(Cl)ccc5c4)CC3)s2)CCN1. The predicted molar refractivity (Wildman–Crippen MR) is 144 cm³/mol. The minimum atomic E-state index is -3.68. The van der Waals surface area contributed by atoms with Crippen molar-refractivity contribution in [1.82, 2.24) is 19.5 Å². The number of carbonyl (C=O) groups is 1. The van der Waals surface area contributed by atoms with E-state index in [1.807, 2.05) is 12.1 Å². The molecule has 2 aliphatic rings. The molecule has 1 aromatic heterocycles. The van der Waals surface area contributed by atoms with Crippen molar-refractivity contribution in [2.75, 3.05) is 32.7 Å². The molecule has 188 valence electrons. The first-order valence-corrected chi connectivity index (χ1v) is 14.3. The van der Waals surface area contributed by atoms with Gasteiger partial charge in [-0.3, -0.25) is 4.79 Å². The van der Waals surface area contributed by atoms with Crippen molar-refractivity contribution < 1.29 is 13.2 Å². The van der Waals surface area contributed by atoms with Gasteiger partial charge in [0.25, 0.3) is 5.91 Å². The maximum absolute atomic E-state index is 13.3. The predicted octanol–water partition coefficient (Wildman–Crippen LogP) is 3.88. The van der Waals surface area contributed by atoms with Crippen molar-refractivity contribution in [3.05, 3.63) is 63.6 Å². The molecule has 3 heterocycles. The molecule has 1 amide bonds. The van der Waals surface area contributed by atoms with E-state index in [0.29, 0.717) is 28.8 Å². The van der Waals surface area contributed by atoms with Gasteiger partial charge in [0.2, 0.25) is 10.0 Å². The van der Waals surface area contributed by atoms with E-state index in [0.717, 1.165) is 34.2 Å². The molecule has 0 radical (unpaired) electrons. The zero-order valence-corrected chi connectivity index (χ0v) is 22.1. The Kier molecular flexibility index (Phi) is 6.97. The summed E-state index contributed by atoms with van der Waals surface area (Å²) in [4.78, 5) is 20.3. The first-order chi connectivity index (χ1) is 17.2. The molecule has 11 heteroatoms. The zero-order valence-electron chi connectivity index (χ0n) is 19.7. The number of nitrogens with one attached hydrogen (secondary N) is 2. The van der Waals surface area contributed by atoms with E-state index in [-0.39, 0.29) is 29.9 Å². The molecule has 1 fully saturated rings. The Hall–Kier alpha value is -2.63. The van der Waals surface area contributed by atoms with E-state index in [1.165, 1.54) is 15.6 Å². The van der Waals surface area contributed by atoms with E-state index in [4.69, 9.17) is 17.0 Å². The molecular formula is C25H26ClN5O3S2. The summed E-state index contributed by atoms with van der Waals surface area (Å²) >= 11 is 7.39. The topological polar surface area (TPSA) is 106 Å². The molecule has 1 saturated heterocycles. The molecule has 3 aromatic rings. The number of piperazine rings is 1. The van der Waals surface area contributed by atoms with Crippen LogP contribution in [0.25, 0.3) is 16.3 Å². The number of benzene rings is 2. The van der Waals surface area contributed by atoms with Gasteiger partial charge in [0.05, 0.1) is 15.8 Å². The molecule has 0 spiro atoms. The highest BCUT2D eigenvalue weighted by Crippen LogP contribution is 2.29. The molecule has 0 bridgehead atoms. The summed E-state index contributed by atoms with van der Waals surface area (Å²) in [5.74, 6) is -0.180. The van der Waals surface area contributed by atoms with Crippen molar-refractivity contribution in [2.24, 2.45) is 0 Å². The summed E-state index contributed by atoms with van der Waals surface area (Å²) < 4.78 is 27.9. The van der Waals surface area contributed by atoms with Crippen LogP contribution in [0.2, 0.25) is 5.02 Å². The van der Waals surface area contributed by atoms with E-state index in [2.05, 4.69) is 10.3 Å². The second-order valence-electron chi connectivity index (χ2n) is 8.94. The van der Waals surface area contributed by atoms with Crippen molar-refractivity contribution in [3.8, 4) is 0 Å².